The van der Waals surface area contributed by atoms with Gasteiger partial charge in [-0.2, -0.15) is 0 Å². The van der Waals surface area contributed by atoms with E-state index in [-0.39, 0.29) is 5.41 Å². The maximum Gasteiger partial charge on any atom is 0.0541 e. The second-order valence-corrected chi connectivity index (χ2v) is 15.7. The molecule has 0 unspecified atom stereocenters. The van der Waals surface area contributed by atoms with Gasteiger partial charge in [0.2, 0.25) is 0 Å². The molecule has 0 amide bonds. The fourth-order valence-corrected chi connectivity index (χ4v) is 10.1. The van der Waals surface area contributed by atoms with Crippen LogP contribution in [-0.2, 0) is 5.41 Å². The third-order valence-electron chi connectivity index (χ3n) is 12.4. The molecule has 0 saturated heterocycles. The summed E-state index contributed by atoms with van der Waals surface area (Å²) in [6, 6.07) is 67.6. The van der Waals surface area contributed by atoms with Crippen molar-refractivity contribution in [1.29, 1.82) is 0 Å². The largest absolute Gasteiger partial charge is 0.309 e. The van der Waals surface area contributed by atoms with Crippen LogP contribution in [0.4, 0.5) is 0 Å². The number of para-hydroxylation sites is 4. The zero-order valence-corrected chi connectivity index (χ0v) is 30.7. The van der Waals surface area contributed by atoms with Gasteiger partial charge in [-0.25, -0.2) is 0 Å². The predicted molar refractivity (Wildman–Crippen MR) is 233 cm³/mol. The Balaban J connectivity index is 1.12. The van der Waals surface area contributed by atoms with Crippen molar-refractivity contribution < 1.29 is 0 Å². The van der Waals surface area contributed by atoms with Crippen LogP contribution in [0.25, 0.3) is 98.8 Å². The Morgan fingerprint density at radius 2 is 0.745 bits per heavy atom. The first-order valence-electron chi connectivity index (χ1n) is 19.3. The van der Waals surface area contributed by atoms with Crippen molar-refractivity contribution in [2.24, 2.45) is 0 Å². The number of benzene rings is 9. The Hall–Kier alpha value is -6.90. The van der Waals surface area contributed by atoms with E-state index >= 15 is 0 Å². The van der Waals surface area contributed by atoms with Crippen LogP contribution < -0.4 is 0 Å². The van der Waals surface area contributed by atoms with Crippen LogP contribution in [0.2, 0.25) is 0 Å². The first kappa shape index (κ1) is 30.6. The first-order chi connectivity index (χ1) is 27.0. The third-order valence-corrected chi connectivity index (χ3v) is 12.4. The van der Waals surface area contributed by atoms with Crippen LogP contribution >= 0.6 is 0 Å². The van der Waals surface area contributed by atoms with Crippen LogP contribution in [0.15, 0.2) is 182 Å². The monoisotopic (exact) mass is 700 g/mol. The van der Waals surface area contributed by atoms with Gasteiger partial charge in [0, 0.05) is 38.3 Å². The van der Waals surface area contributed by atoms with E-state index in [0.717, 1.165) is 11.4 Å². The molecule has 2 heteroatoms. The van der Waals surface area contributed by atoms with Crippen molar-refractivity contribution in [3.63, 3.8) is 0 Å². The zero-order valence-electron chi connectivity index (χ0n) is 30.7. The van der Waals surface area contributed by atoms with Gasteiger partial charge in [-0.1, -0.05) is 147 Å². The van der Waals surface area contributed by atoms with Gasteiger partial charge in [0.25, 0.3) is 0 Å². The van der Waals surface area contributed by atoms with Crippen molar-refractivity contribution in [3.8, 4) is 33.6 Å². The molecule has 258 valence electrons. The highest BCUT2D eigenvalue weighted by molar-refractivity contribution is 6.11. The summed E-state index contributed by atoms with van der Waals surface area (Å²) < 4.78 is 4.90. The highest BCUT2D eigenvalue weighted by atomic mass is 15.0. The van der Waals surface area contributed by atoms with E-state index in [1.54, 1.807) is 0 Å². The molecule has 0 N–H and O–H groups in total. The minimum absolute atomic E-state index is 0.132. The van der Waals surface area contributed by atoms with E-state index in [1.165, 1.54) is 98.5 Å². The van der Waals surface area contributed by atoms with Crippen LogP contribution in [0, 0.1) is 0 Å². The molecular weight excluding hydrogens is 665 g/mol. The minimum atomic E-state index is -0.132. The highest BCUT2D eigenvalue weighted by Gasteiger charge is 2.38. The summed E-state index contributed by atoms with van der Waals surface area (Å²) >= 11 is 0. The molecule has 0 radical (unpaired) electrons. The predicted octanol–water partition coefficient (Wildman–Crippen LogP) is 14.2. The van der Waals surface area contributed by atoms with Gasteiger partial charge in [-0.05, 0) is 103 Å². The molecule has 1 aliphatic carbocycles. The highest BCUT2D eigenvalue weighted by Crippen LogP contribution is 2.54. The molecule has 12 rings (SSSR count). The average molecular weight is 701 g/mol. The molecule has 2 aromatic heterocycles. The van der Waals surface area contributed by atoms with Gasteiger partial charge in [-0.3, -0.25) is 0 Å². The summed E-state index contributed by atoms with van der Waals surface area (Å²) in [5.41, 5.74) is 14.9. The Kier molecular flexibility index (Phi) is 6.15. The maximum atomic E-state index is 2.45. The summed E-state index contributed by atoms with van der Waals surface area (Å²) in [5, 5.41) is 10.3. The second kappa shape index (κ2) is 11.1. The van der Waals surface area contributed by atoms with E-state index in [9.17, 15) is 0 Å². The van der Waals surface area contributed by atoms with Gasteiger partial charge < -0.3 is 9.13 Å². The third kappa shape index (κ3) is 4.20. The first-order valence-corrected chi connectivity index (χ1v) is 19.3. The number of hydrogen-bond donors (Lipinski definition) is 0. The lowest BCUT2D eigenvalue weighted by Gasteiger charge is -2.25. The fraction of sp³-hybridized carbons (Fsp3) is 0.0566. The number of rotatable bonds is 3. The van der Waals surface area contributed by atoms with Gasteiger partial charge >= 0.3 is 0 Å². The summed E-state index contributed by atoms with van der Waals surface area (Å²) in [5.74, 6) is 0. The average Bonchev–Trinajstić information content (AvgIpc) is 3.84. The lowest BCUT2D eigenvalue weighted by Crippen LogP contribution is -2.16. The van der Waals surface area contributed by atoms with Crippen molar-refractivity contribution in [3.05, 3.63) is 193 Å². The molecule has 0 bridgehead atoms. The van der Waals surface area contributed by atoms with Gasteiger partial charge in [0.1, 0.15) is 0 Å². The molecule has 0 saturated carbocycles. The van der Waals surface area contributed by atoms with Crippen LogP contribution in [-0.4, -0.2) is 9.13 Å². The van der Waals surface area contributed by atoms with Gasteiger partial charge in [0.05, 0.1) is 22.1 Å². The summed E-state index contributed by atoms with van der Waals surface area (Å²) in [4.78, 5) is 0. The van der Waals surface area contributed by atoms with Crippen molar-refractivity contribution in [1.82, 2.24) is 9.13 Å². The Morgan fingerprint density at radius 1 is 0.327 bits per heavy atom. The Bertz CT molecular complexity index is 3170. The van der Waals surface area contributed by atoms with E-state index < -0.39 is 0 Å². The van der Waals surface area contributed by atoms with E-state index in [4.69, 9.17) is 0 Å². The van der Waals surface area contributed by atoms with Crippen molar-refractivity contribution in [2.45, 2.75) is 19.3 Å². The summed E-state index contributed by atoms with van der Waals surface area (Å²) in [6.45, 7) is 4.81. The second-order valence-electron chi connectivity index (χ2n) is 15.7. The SMILES string of the molecule is CC1(C)c2c(ccc3ccccc23)-c2ccc3cc(-c4cc(-n5c6ccccc6c6ccccc65)cc(-n5c6ccccc6c6ccccc65)c4)ccc3c21. The number of hydrogen-bond acceptors (Lipinski definition) is 0. The minimum Gasteiger partial charge on any atom is -0.309 e. The molecular formula is C53H36N2. The smallest absolute Gasteiger partial charge is 0.0541 e. The topological polar surface area (TPSA) is 9.86 Å². The summed E-state index contributed by atoms with van der Waals surface area (Å²) in [6.07, 6.45) is 0. The van der Waals surface area contributed by atoms with E-state index in [0.29, 0.717) is 0 Å². The molecule has 0 aliphatic heterocycles. The number of nitrogens with zero attached hydrogens (tertiary/aromatic N) is 2. The molecule has 2 heterocycles. The van der Waals surface area contributed by atoms with Crippen molar-refractivity contribution in [2.75, 3.05) is 0 Å². The quantitative estimate of drug-likeness (QED) is 0.174. The Labute approximate surface area is 319 Å². The van der Waals surface area contributed by atoms with Crippen molar-refractivity contribution >= 4 is 65.2 Å². The normalized spacial score (nSPS) is 13.4. The fourth-order valence-electron chi connectivity index (χ4n) is 10.1. The number of aromatic nitrogens is 2. The van der Waals surface area contributed by atoms with Crippen LogP contribution in [0.5, 0.6) is 0 Å². The molecule has 55 heavy (non-hydrogen) atoms. The molecule has 1 aliphatic rings. The zero-order chi connectivity index (χ0) is 36.4. The van der Waals surface area contributed by atoms with E-state index in [1.807, 2.05) is 0 Å². The molecule has 0 spiro atoms. The summed E-state index contributed by atoms with van der Waals surface area (Å²) in [7, 11) is 0. The molecule has 11 aromatic rings. The molecule has 2 nitrogen and oxygen atoms in total. The molecule has 0 fully saturated rings. The van der Waals surface area contributed by atoms with Crippen LogP contribution in [0.1, 0.15) is 25.0 Å². The standard InChI is InChI=1S/C53H36N2/c1-53(2)51-39-14-4-3-13-33(39)23-27-45(51)46-28-25-35-29-34(24-26-40(35)52(46)53)36-30-37(54-47-19-9-5-15-41(47)42-16-6-10-20-48(42)54)32-38(31-36)55-49-21-11-7-17-43(49)44-18-8-12-22-50(44)55/h3-32H,1-2H3. The Morgan fingerprint density at radius 3 is 1.25 bits per heavy atom. The lowest BCUT2D eigenvalue weighted by atomic mass is 9.78. The lowest BCUT2D eigenvalue weighted by molar-refractivity contribution is 0.672. The van der Waals surface area contributed by atoms with Gasteiger partial charge in [-0.15, -0.1) is 0 Å². The maximum absolute atomic E-state index is 2.45. The molecule has 9 aromatic carbocycles. The van der Waals surface area contributed by atoms with E-state index in [2.05, 4.69) is 205 Å². The number of fused-ring (bicyclic) bond motifs is 13. The van der Waals surface area contributed by atoms with Crippen LogP contribution in [0.3, 0.4) is 0 Å². The molecule has 0 atom stereocenters. The van der Waals surface area contributed by atoms with Gasteiger partial charge in [0.15, 0.2) is 0 Å².